The Bertz CT molecular complexity index is 548. The highest BCUT2D eigenvalue weighted by Crippen LogP contribution is 2.33. The van der Waals surface area contributed by atoms with Gasteiger partial charge in [-0.15, -0.1) is 0 Å². The maximum atomic E-state index is 5.42. The Morgan fingerprint density at radius 1 is 1.29 bits per heavy atom. The standard InChI is InChI=1S/C17H23N3O/c1-2-10-18-15(14-8-9-14)12-17-19-16(20-21-17)11-13-6-4-3-5-7-13/h3-7,14-15,18H,2,8-12H2,1H3. The number of hydrogen-bond donors (Lipinski definition) is 1. The summed E-state index contributed by atoms with van der Waals surface area (Å²) in [5, 5.41) is 7.72. The number of benzene rings is 1. The van der Waals surface area contributed by atoms with Crippen molar-refractivity contribution in [2.75, 3.05) is 6.54 Å². The molecule has 1 aromatic carbocycles. The van der Waals surface area contributed by atoms with Crippen molar-refractivity contribution in [3.05, 3.63) is 47.6 Å². The van der Waals surface area contributed by atoms with Crippen LogP contribution in [-0.2, 0) is 12.8 Å². The molecule has 1 aliphatic carbocycles. The van der Waals surface area contributed by atoms with E-state index in [1.165, 1.54) is 18.4 Å². The summed E-state index contributed by atoms with van der Waals surface area (Å²) in [5.74, 6) is 2.34. The van der Waals surface area contributed by atoms with Crippen LogP contribution in [0.4, 0.5) is 0 Å². The van der Waals surface area contributed by atoms with Crippen LogP contribution < -0.4 is 5.32 Å². The highest BCUT2D eigenvalue weighted by atomic mass is 16.5. The van der Waals surface area contributed by atoms with Gasteiger partial charge >= 0.3 is 0 Å². The molecule has 0 amide bonds. The second-order valence-electron chi connectivity index (χ2n) is 5.87. The molecule has 3 rings (SSSR count). The van der Waals surface area contributed by atoms with Crippen LogP contribution in [-0.4, -0.2) is 22.7 Å². The molecule has 1 unspecified atom stereocenters. The zero-order chi connectivity index (χ0) is 14.5. The Balaban J connectivity index is 1.59. The minimum absolute atomic E-state index is 0.495. The largest absolute Gasteiger partial charge is 0.339 e. The van der Waals surface area contributed by atoms with Crippen molar-refractivity contribution in [1.82, 2.24) is 15.5 Å². The van der Waals surface area contributed by atoms with Gasteiger partial charge in [0.25, 0.3) is 0 Å². The summed E-state index contributed by atoms with van der Waals surface area (Å²) in [6.45, 7) is 3.26. The van der Waals surface area contributed by atoms with Crippen LogP contribution in [0, 0.1) is 5.92 Å². The van der Waals surface area contributed by atoms with Gasteiger partial charge in [0.2, 0.25) is 5.89 Å². The molecule has 0 radical (unpaired) electrons. The number of hydrogen-bond acceptors (Lipinski definition) is 4. The second-order valence-corrected chi connectivity index (χ2v) is 5.87. The van der Waals surface area contributed by atoms with E-state index in [0.29, 0.717) is 6.04 Å². The van der Waals surface area contributed by atoms with Gasteiger partial charge in [-0.3, -0.25) is 0 Å². The van der Waals surface area contributed by atoms with Crippen molar-refractivity contribution < 1.29 is 4.52 Å². The van der Waals surface area contributed by atoms with Gasteiger partial charge in [-0.25, -0.2) is 0 Å². The number of rotatable bonds is 8. The average molecular weight is 285 g/mol. The molecule has 1 heterocycles. The number of nitrogens with zero attached hydrogens (tertiary/aromatic N) is 2. The van der Waals surface area contributed by atoms with Gasteiger partial charge < -0.3 is 9.84 Å². The predicted molar refractivity (Wildman–Crippen MR) is 82.1 cm³/mol. The molecule has 4 nitrogen and oxygen atoms in total. The lowest BCUT2D eigenvalue weighted by molar-refractivity contribution is 0.343. The van der Waals surface area contributed by atoms with Crippen LogP contribution in [0.3, 0.4) is 0 Å². The summed E-state index contributed by atoms with van der Waals surface area (Å²) in [6, 6.07) is 10.8. The zero-order valence-corrected chi connectivity index (χ0v) is 12.6. The molecule has 1 saturated carbocycles. The molecule has 0 bridgehead atoms. The lowest BCUT2D eigenvalue weighted by atomic mass is 10.1. The Morgan fingerprint density at radius 3 is 2.81 bits per heavy atom. The van der Waals surface area contributed by atoms with Crippen LogP contribution in [0.2, 0.25) is 0 Å². The van der Waals surface area contributed by atoms with E-state index in [1.54, 1.807) is 0 Å². The van der Waals surface area contributed by atoms with Crippen LogP contribution in [0.25, 0.3) is 0 Å². The van der Waals surface area contributed by atoms with E-state index in [-0.39, 0.29) is 0 Å². The predicted octanol–water partition coefficient (Wildman–Crippen LogP) is 2.98. The Kier molecular flexibility index (Phi) is 4.65. The third kappa shape index (κ3) is 4.14. The average Bonchev–Trinajstić information content (AvgIpc) is 3.26. The molecule has 4 heteroatoms. The molecular formula is C17H23N3O. The Morgan fingerprint density at radius 2 is 2.10 bits per heavy atom. The van der Waals surface area contributed by atoms with E-state index in [0.717, 1.165) is 43.4 Å². The minimum atomic E-state index is 0.495. The maximum Gasteiger partial charge on any atom is 0.228 e. The molecule has 1 aliphatic rings. The summed E-state index contributed by atoms with van der Waals surface area (Å²) < 4.78 is 5.42. The molecule has 2 aromatic rings. The first-order valence-corrected chi connectivity index (χ1v) is 7.94. The van der Waals surface area contributed by atoms with E-state index < -0.39 is 0 Å². The van der Waals surface area contributed by atoms with Gasteiger partial charge in [0, 0.05) is 18.9 Å². The fraction of sp³-hybridized carbons (Fsp3) is 0.529. The Labute approximate surface area is 126 Å². The van der Waals surface area contributed by atoms with Crippen molar-refractivity contribution in [2.24, 2.45) is 5.92 Å². The molecule has 1 atom stereocenters. The zero-order valence-electron chi connectivity index (χ0n) is 12.6. The number of aromatic nitrogens is 2. The lowest BCUT2D eigenvalue weighted by Gasteiger charge is -2.15. The Hall–Kier alpha value is -1.68. The topological polar surface area (TPSA) is 51.0 Å². The smallest absolute Gasteiger partial charge is 0.228 e. The summed E-state index contributed by atoms with van der Waals surface area (Å²) in [7, 11) is 0. The van der Waals surface area contributed by atoms with Crippen molar-refractivity contribution in [3.8, 4) is 0 Å². The molecule has 0 spiro atoms. The van der Waals surface area contributed by atoms with Crippen molar-refractivity contribution in [2.45, 2.75) is 45.1 Å². The highest BCUT2D eigenvalue weighted by Gasteiger charge is 2.32. The second kappa shape index (κ2) is 6.85. The van der Waals surface area contributed by atoms with Crippen LogP contribution in [0.1, 0.15) is 43.5 Å². The van der Waals surface area contributed by atoms with E-state index in [9.17, 15) is 0 Å². The fourth-order valence-electron chi connectivity index (χ4n) is 2.65. The first kappa shape index (κ1) is 14.3. The summed E-state index contributed by atoms with van der Waals surface area (Å²) >= 11 is 0. The fourth-order valence-corrected chi connectivity index (χ4v) is 2.65. The molecule has 1 aromatic heterocycles. The summed E-state index contributed by atoms with van der Waals surface area (Å²) in [5.41, 5.74) is 1.22. The minimum Gasteiger partial charge on any atom is -0.339 e. The molecule has 0 saturated heterocycles. The van der Waals surface area contributed by atoms with Crippen molar-refractivity contribution in [3.63, 3.8) is 0 Å². The normalized spacial score (nSPS) is 16.0. The maximum absolute atomic E-state index is 5.42. The quantitative estimate of drug-likeness (QED) is 0.810. The summed E-state index contributed by atoms with van der Waals surface area (Å²) in [4.78, 5) is 4.55. The van der Waals surface area contributed by atoms with Gasteiger partial charge in [0.15, 0.2) is 5.82 Å². The van der Waals surface area contributed by atoms with Crippen LogP contribution >= 0.6 is 0 Å². The lowest BCUT2D eigenvalue weighted by Crippen LogP contribution is -2.33. The third-order valence-corrected chi connectivity index (χ3v) is 3.96. The van der Waals surface area contributed by atoms with Gasteiger partial charge in [0.05, 0.1) is 0 Å². The van der Waals surface area contributed by atoms with Gasteiger partial charge in [0.1, 0.15) is 0 Å². The molecule has 0 aliphatic heterocycles. The molecule has 112 valence electrons. The van der Waals surface area contributed by atoms with Crippen LogP contribution in [0.5, 0.6) is 0 Å². The molecule has 1 N–H and O–H groups in total. The van der Waals surface area contributed by atoms with Gasteiger partial charge in [-0.1, -0.05) is 42.4 Å². The molecular weight excluding hydrogens is 262 g/mol. The van der Waals surface area contributed by atoms with E-state index in [1.807, 2.05) is 18.2 Å². The monoisotopic (exact) mass is 285 g/mol. The summed E-state index contributed by atoms with van der Waals surface area (Å²) in [6.07, 6.45) is 5.40. The SMILES string of the molecule is CCCNC(Cc1nc(Cc2ccccc2)no1)C1CC1. The van der Waals surface area contributed by atoms with Crippen LogP contribution in [0.15, 0.2) is 34.9 Å². The highest BCUT2D eigenvalue weighted by molar-refractivity contribution is 5.18. The van der Waals surface area contributed by atoms with E-state index >= 15 is 0 Å². The van der Waals surface area contributed by atoms with E-state index in [4.69, 9.17) is 4.52 Å². The number of nitrogens with one attached hydrogen (secondary N) is 1. The van der Waals surface area contributed by atoms with Gasteiger partial charge in [-0.05, 0) is 37.3 Å². The molecule has 21 heavy (non-hydrogen) atoms. The van der Waals surface area contributed by atoms with Crippen molar-refractivity contribution >= 4 is 0 Å². The van der Waals surface area contributed by atoms with Crippen molar-refractivity contribution in [1.29, 1.82) is 0 Å². The van der Waals surface area contributed by atoms with E-state index in [2.05, 4.69) is 34.5 Å². The first-order valence-electron chi connectivity index (χ1n) is 7.94. The molecule has 1 fully saturated rings. The van der Waals surface area contributed by atoms with Gasteiger partial charge in [-0.2, -0.15) is 4.98 Å². The third-order valence-electron chi connectivity index (χ3n) is 3.96. The first-order chi connectivity index (χ1) is 10.3.